The van der Waals surface area contributed by atoms with Gasteiger partial charge in [0.05, 0.1) is 29.7 Å². The molecule has 1 N–H and O–H groups in total. The van der Waals surface area contributed by atoms with E-state index in [9.17, 15) is 9.90 Å². The van der Waals surface area contributed by atoms with Gasteiger partial charge in [0, 0.05) is 19.5 Å². The maximum Gasteiger partial charge on any atom is 0.266 e. The third-order valence-corrected chi connectivity index (χ3v) is 8.74. The minimum atomic E-state index is -0.775. The molecule has 44 heavy (non-hydrogen) atoms. The van der Waals surface area contributed by atoms with Crippen molar-refractivity contribution in [3.63, 3.8) is 0 Å². The van der Waals surface area contributed by atoms with Crippen molar-refractivity contribution in [2.75, 3.05) is 33.3 Å². The molecule has 1 aliphatic rings. The second-order valence-electron chi connectivity index (χ2n) is 11.5. The summed E-state index contributed by atoms with van der Waals surface area (Å²) in [5, 5.41) is 12.4. The Balaban J connectivity index is 1.35. The summed E-state index contributed by atoms with van der Waals surface area (Å²) in [5.41, 5.74) is 4.59. The summed E-state index contributed by atoms with van der Waals surface area (Å²) in [5.74, 6) is 1.31. The molecule has 5 aromatic rings. The van der Waals surface area contributed by atoms with Crippen molar-refractivity contribution < 1.29 is 9.84 Å². The van der Waals surface area contributed by atoms with E-state index in [0.29, 0.717) is 41.1 Å². The number of aromatic nitrogens is 2. The van der Waals surface area contributed by atoms with Gasteiger partial charge in [-0.3, -0.25) is 14.3 Å². The number of nitrogens with zero attached hydrogens (tertiary/aromatic N) is 4. The second-order valence-corrected chi connectivity index (χ2v) is 11.5. The number of ether oxygens (including phenoxy) is 1. The average molecular weight is 589 g/mol. The molecular weight excluding hydrogens is 548 g/mol. The zero-order valence-corrected chi connectivity index (χ0v) is 25.5. The monoisotopic (exact) mass is 588 g/mol. The van der Waals surface area contributed by atoms with E-state index in [0.717, 1.165) is 30.8 Å². The molecule has 6 rings (SSSR count). The van der Waals surface area contributed by atoms with Crippen LogP contribution in [0.25, 0.3) is 27.7 Å². The lowest BCUT2D eigenvalue weighted by atomic mass is 10.0. The standard InChI is InChI=1S/C37H40N4O3/c1-27(36-38-34-13-7-6-12-33(34)37(43)41(36)31-18-20-32(44-2)21-19-31)40(25-24-39-22-8-9-23-39)35(42)26-28-14-16-30(17-15-28)29-10-4-3-5-11-29/h3-7,10-21,27,35,42H,8-9,22-26H2,1-2H3. The normalized spacial score (nSPS) is 15.1. The van der Waals surface area contributed by atoms with Gasteiger partial charge in [0.15, 0.2) is 0 Å². The largest absolute Gasteiger partial charge is 0.497 e. The van der Waals surface area contributed by atoms with Gasteiger partial charge in [-0.1, -0.05) is 66.7 Å². The van der Waals surface area contributed by atoms with E-state index in [1.165, 1.54) is 18.4 Å². The molecule has 2 atom stereocenters. The molecule has 0 radical (unpaired) electrons. The van der Waals surface area contributed by atoms with Crippen LogP contribution in [-0.2, 0) is 6.42 Å². The molecule has 1 saturated heterocycles. The van der Waals surface area contributed by atoms with Crippen LogP contribution >= 0.6 is 0 Å². The molecule has 2 heterocycles. The lowest BCUT2D eigenvalue weighted by Crippen LogP contribution is -2.44. The first-order valence-electron chi connectivity index (χ1n) is 15.5. The Labute approximate surface area is 259 Å². The third-order valence-electron chi connectivity index (χ3n) is 8.74. The molecule has 1 aromatic heterocycles. The first-order chi connectivity index (χ1) is 21.5. The van der Waals surface area contributed by atoms with Crippen molar-refractivity contribution in [3.8, 4) is 22.6 Å². The molecule has 1 aliphatic heterocycles. The van der Waals surface area contributed by atoms with Crippen LogP contribution in [0.1, 0.15) is 37.2 Å². The van der Waals surface area contributed by atoms with Crippen LogP contribution in [0.4, 0.5) is 0 Å². The van der Waals surface area contributed by atoms with Crippen molar-refractivity contribution in [3.05, 3.63) is 125 Å². The van der Waals surface area contributed by atoms with Gasteiger partial charge in [-0.2, -0.15) is 0 Å². The molecule has 7 heteroatoms. The molecule has 0 saturated carbocycles. The summed E-state index contributed by atoms with van der Waals surface area (Å²) in [6.45, 7) is 5.68. The van der Waals surface area contributed by atoms with Crippen LogP contribution in [0, 0.1) is 0 Å². The zero-order valence-electron chi connectivity index (χ0n) is 25.5. The summed E-state index contributed by atoms with van der Waals surface area (Å²) in [6, 6.07) is 33.3. The fourth-order valence-electron chi connectivity index (χ4n) is 6.22. The minimum Gasteiger partial charge on any atom is -0.497 e. The van der Waals surface area contributed by atoms with Gasteiger partial charge in [-0.05, 0) is 85.9 Å². The minimum absolute atomic E-state index is 0.131. The Bertz CT molecular complexity index is 1730. The number of aliphatic hydroxyl groups is 1. The van der Waals surface area contributed by atoms with Gasteiger partial charge in [-0.15, -0.1) is 0 Å². The maximum absolute atomic E-state index is 14.0. The summed E-state index contributed by atoms with van der Waals surface area (Å²) in [7, 11) is 1.63. The predicted molar refractivity (Wildman–Crippen MR) is 176 cm³/mol. The second kappa shape index (κ2) is 13.6. The maximum atomic E-state index is 14.0. The van der Waals surface area contributed by atoms with Crippen molar-refractivity contribution in [2.24, 2.45) is 0 Å². The Hall–Kier alpha value is -4.30. The molecule has 0 bridgehead atoms. The van der Waals surface area contributed by atoms with Crippen LogP contribution in [0.2, 0.25) is 0 Å². The molecule has 1 fully saturated rings. The highest BCUT2D eigenvalue weighted by Gasteiger charge is 2.29. The zero-order chi connectivity index (χ0) is 30.5. The lowest BCUT2D eigenvalue weighted by Gasteiger charge is -2.35. The number of benzene rings is 4. The molecule has 7 nitrogen and oxygen atoms in total. The van der Waals surface area contributed by atoms with Crippen LogP contribution in [0.3, 0.4) is 0 Å². The van der Waals surface area contributed by atoms with Crippen LogP contribution in [-0.4, -0.2) is 64.0 Å². The first kappa shape index (κ1) is 29.8. The van der Waals surface area contributed by atoms with Gasteiger partial charge in [-0.25, -0.2) is 4.98 Å². The molecule has 0 aliphatic carbocycles. The van der Waals surface area contributed by atoms with Gasteiger partial charge in [0.1, 0.15) is 17.8 Å². The fraction of sp³-hybridized carbons (Fsp3) is 0.297. The van der Waals surface area contributed by atoms with Gasteiger partial charge in [0.25, 0.3) is 5.56 Å². The molecule has 0 amide bonds. The third kappa shape index (κ3) is 6.45. The molecular formula is C37H40N4O3. The van der Waals surface area contributed by atoms with Crippen molar-refractivity contribution in [2.45, 2.75) is 38.5 Å². The van der Waals surface area contributed by atoms with Crippen molar-refractivity contribution in [1.82, 2.24) is 19.4 Å². The summed E-state index contributed by atoms with van der Waals surface area (Å²) in [4.78, 5) is 23.6. The van der Waals surface area contributed by atoms with Crippen LogP contribution in [0.15, 0.2) is 108 Å². The van der Waals surface area contributed by atoms with Gasteiger partial charge in [0.2, 0.25) is 0 Å². The molecule has 0 spiro atoms. The number of rotatable bonds is 11. The first-order valence-corrected chi connectivity index (χ1v) is 15.5. The average Bonchev–Trinajstić information content (AvgIpc) is 3.59. The Morgan fingerprint density at radius 2 is 1.52 bits per heavy atom. The SMILES string of the molecule is COc1ccc(-n2c(C(C)N(CCN3CCCC3)C(O)Cc3ccc(-c4ccccc4)cc3)nc3ccccc3c2=O)cc1. The molecule has 226 valence electrons. The summed E-state index contributed by atoms with van der Waals surface area (Å²) >= 11 is 0. The number of aliphatic hydroxyl groups excluding tert-OH is 1. The number of fused-ring (bicyclic) bond motifs is 1. The predicted octanol–water partition coefficient (Wildman–Crippen LogP) is 6.08. The van der Waals surface area contributed by atoms with E-state index >= 15 is 0 Å². The van der Waals surface area contributed by atoms with E-state index in [1.54, 1.807) is 11.7 Å². The fourth-order valence-corrected chi connectivity index (χ4v) is 6.22. The topological polar surface area (TPSA) is 70.8 Å². The smallest absolute Gasteiger partial charge is 0.266 e. The van der Waals surface area contributed by atoms with Crippen molar-refractivity contribution in [1.29, 1.82) is 0 Å². The molecule has 4 aromatic carbocycles. The highest BCUT2D eigenvalue weighted by Crippen LogP contribution is 2.27. The van der Waals surface area contributed by atoms with E-state index in [1.807, 2.05) is 73.7 Å². The number of methoxy groups -OCH3 is 1. The van der Waals surface area contributed by atoms with Crippen molar-refractivity contribution >= 4 is 10.9 Å². The number of hydrogen-bond donors (Lipinski definition) is 1. The number of para-hydroxylation sites is 1. The van der Waals surface area contributed by atoms with Gasteiger partial charge >= 0.3 is 0 Å². The summed E-state index contributed by atoms with van der Waals surface area (Å²) in [6.07, 6.45) is 2.09. The lowest BCUT2D eigenvalue weighted by molar-refractivity contribution is -0.0275. The summed E-state index contributed by atoms with van der Waals surface area (Å²) < 4.78 is 7.06. The molecule has 2 unspecified atom stereocenters. The van der Waals surface area contributed by atoms with Crippen LogP contribution < -0.4 is 10.3 Å². The highest BCUT2D eigenvalue weighted by molar-refractivity contribution is 5.78. The van der Waals surface area contributed by atoms with E-state index in [4.69, 9.17) is 9.72 Å². The van der Waals surface area contributed by atoms with Crippen LogP contribution in [0.5, 0.6) is 5.75 Å². The number of likely N-dealkylation sites (tertiary alicyclic amines) is 1. The van der Waals surface area contributed by atoms with E-state index in [2.05, 4.69) is 46.2 Å². The highest BCUT2D eigenvalue weighted by atomic mass is 16.5. The Kier molecular flexibility index (Phi) is 9.17. The van der Waals surface area contributed by atoms with E-state index < -0.39 is 6.23 Å². The number of hydrogen-bond acceptors (Lipinski definition) is 6. The quantitative estimate of drug-likeness (QED) is 0.189. The van der Waals surface area contributed by atoms with Gasteiger partial charge < -0.3 is 14.7 Å². The Morgan fingerprint density at radius 1 is 0.864 bits per heavy atom. The van der Waals surface area contributed by atoms with E-state index in [-0.39, 0.29) is 11.6 Å². The Morgan fingerprint density at radius 3 is 2.23 bits per heavy atom.